The lowest BCUT2D eigenvalue weighted by atomic mass is 9.94. The van der Waals surface area contributed by atoms with Crippen LogP contribution in [0.25, 0.3) is 5.65 Å². The summed E-state index contributed by atoms with van der Waals surface area (Å²) in [6.07, 6.45) is 3.10. The third-order valence-electron chi connectivity index (χ3n) is 3.92. The lowest BCUT2D eigenvalue weighted by Gasteiger charge is -2.34. The first kappa shape index (κ1) is 12.4. The Labute approximate surface area is 113 Å². The molecule has 1 aliphatic heterocycles. The van der Waals surface area contributed by atoms with E-state index >= 15 is 0 Å². The van der Waals surface area contributed by atoms with Gasteiger partial charge in [-0.15, -0.1) is 5.10 Å². The smallest absolute Gasteiger partial charge is 0.243 e. The number of fused-ring (bicyclic) bond motifs is 1. The largest absolute Gasteiger partial charge is 0.350 e. The summed E-state index contributed by atoms with van der Waals surface area (Å²) in [5.41, 5.74) is 2.11. The minimum atomic E-state index is 0.467. The maximum Gasteiger partial charge on any atom is 0.243 e. The monoisotopic (exact) mass is 259 g/mol. The zero-order chi connectivity index (χ0) is 13.4. The van der Waals surface area contributed by atoms with Gasteiger partial charge in [-0.2, -0.15) is 4.98 Å². The molecule has 2 atom stereocenters. The summed E-state index contributed by atoms with van der Waals surface area (Å²) < 4.78 is 1.83. The van der Waals surface area contributed by atoms with E-state index in [1.807, 2.05) is 16.8 Å². The van der Waals surface area contributed by atoms with Gasteiger partial charge in [-0.3, -0.25) is 0 Å². The topological polar surface area (TPSA) is 45.5 Å². The van der Waals surface area contributed by atoms with E-state index in [2.05, 4.69) is 47.3 Å². The fourth-order valence-corrected chi connectivity index (χ4v) is 2.78. The molecule has 1 N–H and O–H groups in total. The van der Waals surface area contributed by atoms with Crippen molar-refractivity contribution in [2.24, 2.45) is 5.92 Å². The molecule has 1 saturated heterocycles. The van der Waals surface area contributed by atoms with Crippen LogP contribution in [-0.4, -0.2) is 45.7 Å². The van der Waals surface area contributed by atoms with E-state index in [9.17, 15) is 0 Å². The molecule has 1 aliphatic rings. The molecule has 5 nitrogen and oxygen atoms in total. The van der Waals surface area contributed by atoms with Crippen LogP contribution >= 0.6 is 0 Å². The van der Waals surface area contributed by atoms with E-state index in [0.29, 0.717) is 12.0 Å². The summed E-state index contributed by atoms with van der Waals surface area (Å²) in [5.74, 6) is 1.36. The van der Waals surface area contributed by atoms with Crippen molar-refractivity contribution < 1.29 is 0 Å². The Bertz CT molecular complexity index is 576. The third-order valence-corrected chi connectivity index (χ3v) is 3.92. The molecule has 0 saturated carbocycles. The van der Waals surface area contributed by atoms with Gasteiger partial charge in [0, 0.05) is 18.8 Å². The molecule has 0 amide bonds. The van der Waals surface area contributed by atoms with Gasteiger partial charge >= 0.3 is 0 Å². The van der Waals surface area contributed by atoms with Crippen LogP contribution in [0.1, 0.15) is 18.9 Å². The average Bonchev–Trinajstić information content (AvgIpc) is 2.74. The minimum absolute atomic E-state index is 0.467. The van der Waals surface area contributed by atoms with Crippen molar-refractivity contribution in [1.29, 1.82) is 0 Å². The summed E-state index contributed by atoms with van der Waals surface area (Å²) in [5, 5.41) is 7.97. The second-order valence-electron chi connectivity index (χ2n) is 5.72. The molecule has 102 valence electrons. The number of pyridine rings is 1. The SMILES string of the molecule is Cc1ccn2nc(NC3CCN(C)CC3C)nc2c1. The van der Waals surface area contributed by atoms with Crippen molar-refractivity contribution in [3.05, 3.63) is 23.9 Å². The van der Waals surface area contributed by atoms with E-state index < -0.39 is 0 Å². The molecule has 19 heavy (non-hydrogen) atoms. The molecule has 3 heterocycles. The predicted octanol–water partition coefficient (Wildman–Crippen LogP) is 1.79. The molecule has 2 aromatic rings. The fraction of sp³-hybridized carbons (Fsp3) is 0.571. The molecule has 2 unspecified atom stereocenters. The highest BCUT2D eigenvalue weighted by molar-refractivity contribution is 5.45. The lowest BCUT2D eigenvalue weighted by Crippen LogP contribution is -2.43. The number of likely N-dealkylation sites (tertiary alicyclic amines) is 1. The van der Waals surface area contributed by atoms with Gasteiger partial charge in [0.1, 0.15) is 0 Å². The van der Waals surface area contributed by atoms with Crippen molar-refractivity contribution in [2.75, 3.05) is 25.5 Å². The predicted molar refractivity (Wildman–Crippen MR) is 76.4 cm³/mol. The van der Waals surface area contributed by atoms with Gasteiger partial charge in [0.25, 0.3) is 0 Å². The summed E-state index contributed by atoms with van der Waals surface area (Å²) >= 11 is 0. The molecule has 0 bridgehead atoms. The van der Waals surface area contributed by atoms with Crippen molar-refractivity contribution in [3.63, 3.8) is 0 Å². The van der Waals surface area contributed by atoms with Crippen LogP contribution in [0.2, 0.25) is 0 Å². The Morgan fingerprint density at radius 3 is 3.05 bits per heavy atom. The van der Waals surface area contributed by atoms with Crippen LogP contribution in [0.15, 0.2) is 18.3 Å². The minimum Gasteiger partial charge on any atom is -0.350 e. The molecule has 0 spiro atoms. The van der Waals surface area contributed by atoms with Gasteiger partial charge in [-0.1, -0.05) is 6.92 Å². The van der Waals surface area contributed by atoms with Crippen LogP contribution in [0, 0.1) is 12.8 Å². The van der Waals surface area contributed by atoms with Gasteiger partial charge in [-0.05, 0) is 50.6 Å². The van der Waals surface area contributed by atoms with Crippen molar-refractivity contribution >= 4 is 11.6 Å². The number of rotatable bonds is 2. The van der Waals surface area contributed by atoms with E-state index in [-0.39, 0.29) is 0 Å². The molecule has 0 radical (unpaired) electrons. The van der Waals surface area contributed by atoms with Gasteiger partial charge in [0.15, 0.2) is 5.65 Å². The van der Waals surface area contributed by atoms with Crippen LogP contribution in [0.3, 0.4) is 0 Å². The highest BCUT2D eigenvalue weighted by Crippen LogP contribution is 2.19. The highest BCUT2D eigenvalue weighted by atomic mass is 15.3. The first-order valence-corrected chi connectivity index (χ1v) is 6.90. The number of piperidine rings is 1. The maximum absolute atomic E-state index is 4.55. The van der Waals surface area contributed by atoms with Crippen molar-refractivity contribution in [2.45, 2.75) is 26.3 Å². The second kappa shape index (κ2) is 4.81. The normalized spacial score (nSPS) is 24.8. The standard InChI is InChI=1S/C14H21N5/c1-10-4-7-19-13(8-10)16-14(17-19)15-12-5-6-18(3)9-11(12)2/h4,7-8,11-12H,5-6,9H2,1-3H3,(H,15,17). The zero-order valence-electron chi connectivity index (χ0n) is 11.8. The average molecular weight is 259 g/mol. The van der Waals surface area contributed by atoms with Crippen LogP contribution in [0.4, 0.5) is 5.95 Å². The van der Waals surface area contributed by atoms with Crippen LogP contribution in [-0.2, 0) is 0 Å². The molecular formula is C14H21N5. The quantitative estimate of drug-likeness (QED) is 0.893. The summed E-state index contributed by atoms with van der Waals surface area (Å²) in [6.45, 7) is 6.62. The number of hydrogen-bond acceptors (Lipinski definition) is 4. The van der Waals surface area contributed by atoms with Crippen molar-refractivity contribution in [3.8, 4) is 0 Å². The van der Waals surface area contributed by atoms with E-state index in [1.165, 1.54) is 5.56 Å². The Kier molecular flexibility index (Phi) is 3.14. The molecule has 5 heteroatoms. The van der Waals surface area contributed by atoms with Gasteiger partial charge < -0.3 is 10.2 Å². The van der Waals surface area contributed by atoms with Crippen LogP contribution in [0.5, 0.6) is 0 Å². The molecular weight excluding hydrogens is 238 g/mol. The fourth-order valence-electron chi connectivity index (χ4n) is 2.78. The van der Waals surface area contributed by atoms with E-state index in [0.717, 1.165) is 31.1 Å². The maximum atomic E-state index is 4.55. The number of aryl methyl sites for hydroxylation is 1. The second-order valence-corrected chi connectivity index (χ2v) is 5.72. The van der Waals surface area contributed by atoms with E-state index in [1.54, 1.807) is 0 Å². The Morgan fingerprint density at radius 2 is 2.26 bits per heavy atom. The number of nitrogens with zero attached hydrogens (tertiary/aromatic N) is 4. The number of anilines is 1. The van der Waals surface area contributed by atoms with E-state index in [4.69, 9.17) is 0 Å². The zero-order valence-corrected chi connectivity index (χ0v) is 11.8. The molecule has 0 aromatic carbocycles. The third kappa shape index (κ3) is 2.56. The number of hydrogen-bond donors (Lipinski definition) is 1. The number of nitrogens with one attached hydrogen (secondary N) is 1. The Morgan fingerprint density at radius 1 is 1.42 bits per heavy atom. The molecule has 0 aliphatic carbocycles. The molecule has 2 aromatic heterocycles. The molecule has 3 rings (SSSR count). The van der Waals surface area contributed by atoms with Gasteiger partial charge in [0.05, 0.1) is 0 Å². The first-order chi connectivity index (χ1) is 9.11. The summed E-state index contributed by atoms with van der Waals surface area (Å²) in [4.78, 5) is 6.93. The van der Waals surface area contributed by atoms with Gasteiger partial charge in [-0.25, -0.2) is 4.52 Å². The van der Waals surface area contributed by atoms with Gasteiger partial charge in [0.2, 0.25) is 5.95 Å². The summed E-state index contributed by atoms with van der Waals surface area (Å²) in [6, 6.07) is 4.56. The number of aromatic nitrogens is 3. The first-order valence-electron chi connectivity index (χ1n) is 6.90. The highest BCUT2D eigenvalue weighted by Gasteiger charge is 2.24. The van der Waals surface area contributed by atoms with Crippen LogP contribution < -0.4 is 5.32 Å². The lowest BCUT2D eigenvalue weighted by molar-refractivity contribution is 0.206. The van der Waals surface area contributed by atoms with Crippen molar-refractivity contribution in [1.82, 2.24) is 19.5 Å². The Hall–Kier alpha value is -1.62. The Balaban J connectivity index is 1.77. The summed E-state index contributed by atoms with van der Waals surface area (Å²) in [7, 11) is 2.18. The molecule has 1 fully saturated rings.